The number of aryl methyl sites for hydroxylation is 1. The molecule has 1 saturated carbocycles. The lowest BCUT2D eigenvalue weighted by Crippen LogP contribution is -2.64. The van der Waals surface area contributed by atoms with Crippen LogP contribution < -0.4 is 14.8 Å². The molecular weight excluding hydrogens is 526 g/mol. The van der Waals surface area contributed by atoms with Gasteiger partial charge >= 0.3 is 0 Å². The van der Waals surface area contributed by atoms with Crippen molar-refractivity contribution in [2.45, 2.75) is 76.5 Å². The molecule has 4 aromatic rings. The molecule has 7 rings (SSSR count). The number of hydrogen-bond acceptors (Lipinski definition) is 4. The molecule has 3 aliphatic rings. The minimum atomic E-state index is -1.25. The highest BCUT2D eigenvalue weighted by Gasteiger charge is 2.53. The van der Waals surface area contributed by atoms with Gasteiger partial charge < -0.3 is 24.3 Å². The molecule has 0 bridgehead atoms. The van der Waals surface area contributed by atoms with E-state index in [-0.39, 0.29) is 31.2 Å². The van der Waals surface area contributed by atoms with Gasteiger partial charge in [-0.15, -0.1) is 0 Å². The van der Waals surface area contributed by atoms with Crippen LogP contribution in [0.25, 0.3) is 10.9 Å². The van der Waals surface area contributed by atoms with Crippen LogP contribution in [0.4, 0.5) is 0 Å². The molecule has 1 atom stereocenters. The predicted molar refractivity (Wildman–Crippen MR) is 161 cm³/mol. The molecule has 1 fully saturated rings. The maximum absolute atomic E-state index is 14.9. The topological polar surface area (TPSA) is 72.8 Å². The van der Waals surface area contributed by atoms with E-state index >= 15 is 0 Å². The zero-order valence-electron chi connectivity index (χ0n) is 24.1. The molecule has 3 heterocycles. The van der Waals surface area contributed by atoms with E-state index in [0.717, 1.165) is 53.3 Å². The van der Waals surface area contributed by atoms with Crippen LogP contribution in [0.2, 0.25) is 0 Å². The maximum Gasteiger partial charge on any atom is 0.272 e. The molecule has 7 heteroatoms. The zero-order chi connectivity index (χ0) is 28.7. The second-order valence-corrected chi connectivity index (χ2v) is 12.0. The highest BCUT2D eigenvalue weighted by Crippen LogP contribution is 2.42. The van der Waals surface area contributed by atoms with Crippen molar-refractivity contribution in [2.24, 2.45) is 0 Å². The van der Waals surface area contributed by atoms with Crippen LogP contribution in [-0.2, 0) is 23.4 Å². The summed E-state index contributed by atoms with van der Waals surface area (Å²) in [6.07, 6.45) is 7.79. The summed E-state index contributed by atoms with van der Waals surface area (Å²) in [5.74, 6) is 1.07. The van der Waals surface area contributed by atoms with Crippen LogP contribution in [0.15, 0.2) is 72.8 Å². The zero-order valence-corrected chi connectivity index (χ0v) is 24.1. The lowest BCUT2D eigenvalue weighted by molar-refractivity contribution is -0.136. The fourth-order valence-corrected chi connectivity index (χ4v) is 6.96. The van der Waals surface area contributed by atoms with E-state index in [9.17, 15) is 9.59 Å². The van der Waals surface area contributed by atoms with Gasteiger partial charge in [-0.3, -0.25) is 9.59 Å². The van der Waals surface area contributed by atoms with E-state index in [1.807, 2.05) is 54.6 Å². The van der Waals surface area contributed by atoms with E-state index in [4.69, 9.17) is 9.47 Å². The number of carbonyl (C=O) groups is 2. The van der Waals surface area contributed by atoms with Gasteiger partial charge in [0.15, 0.2) is 17.0 Å². The third-order valence-corrected chi connectivity index (χ3v) is 9.22. The molecular formula is C35H37N3O4. The Bertz CT molecular complexity index is 1640. The fourth-order valence-electron chi connectivity index (χ4n) is 6.96. The van der Waals surface area contributed by atoms with Gasteiger partial charge in [0.25, 0.3) is 11.8 Å². The summed E-state index contributed by atoms with van der Waals surface area (Å²) >= 11 is 0. The molecule has 1 unspecified atom stereocenters. The van der Waals surface area contributed by atoms with Crippen molar-refractivity contribution in [1.82, 2.24) is 14.8 Å². The molecule has 7 nitrogen and oxygen atoms in total. The summed E-state index contributed by atoms with van der Waals surface area (Å²) < 4.78 is 13.3. The summed E-state index contributed by atoms with van der Waals surface area (Å²) in [6, 6.07) is 23.9. The Balaban J connectivity index is 1.38. The van der Waals surface area contributed by atoms with Crippen LogP contribution in [0.5, 0.6) is 11.5 Å². The van der Waals surface area contributed by atoms with Gasteiger partial charge in [-0.1, -0.05) is 80.6 Å². The molecule has 0 saturated heterocycles. The number of carbonyl (C=O) groups excluding carboxylic acids is 2. The van der Waals surface area contributed by atoms with Gasteiger partial charge in [0.05, 0.1) is 6.54 Å². The van der Waals surface area contributed by atoms with Crippen molar-refractivity contribution >= 4 is 22.7 Å². The molecule has 1 aromatic heterocycles. The maximum atomic E-state index is 14.9. The first-order valence-corrected chi connectivity index (χ1v) is 15.2. The van der Waals surface area contributed by atoms with Crippen LogP contribution in [0.1, 0.15) is 72.1 Å². The van der Waals surface area contributed by atoms with Crippen molar-refractivity contribution in [1.29, 1.82) is 0 Å². The SMILES string of the molecule is Cc1ccc2cc3n(c2c1)CC(C(=O)NC1CCCCCCC1)(c1ccccc1)N(Cc1ccc2c(c1)OCO2)C3=O. The normalized spacial score (nSPS) is 20.7. The predicted octanol–water partition coefficient (Wildman–Crippen LogP) is 6.46. The summed E-state index contributed by atoms with van der Waals surface area (Å²) in [5.41, 5.74) is 3.12. The van der Waals surface area contributed by atoms with Gasteiger partial charge in [-0.2, -0.15) is 0 Å². The average molecular weight is 564 g/mol. The van der Waals surface area contributed by atoms with E-state index in [0.29, 0.717) is 23.7 Å². The molecule has 2 amide bonds. The molecule has 0 spiro atoms. The van der Waals surface area contributed by atoms with E-state index in [2.05, 4.69) is 35.0 Å². The Kier molecular flexibility index (Phi) is 6.88. The highest BCUT2D eigenvalue weighted by atomic mass is 16.7. The lowest BCUT2D eigenvalue weighted by atomic mass is 9.83. The van der Waals surface area contributed by atoms with Gasteiger partial charge in [-0.05, 0) is 60.7 Å². The van der Waals surface area contributed by atoms with Gasteiger partial charge in [0, 0.05) is 23.5 Å². The van der Waals surface area contributed by atoms with Crippen LogP contribution in [0, 0.1) is 6.92 Å². The summed E-state index contributed by atoms with van der Waals surface area (Å²) in [5, 5.41) is 4.46. The average Bonchev–Trinajstić information content (AvgIpc) is 3.60. The van der Waals surface area contributed by atoms with Gasteiger partial charge in [-0.25, -0.2) is 0 Å². The minimum absolute atomic E-state index is 0.0888. The standard InChI is InChI=1S/C35H37N3O4/c1-24-14-16-26-20-30-33(39)38(21-25-15-17-31-32(19-25)42-23-41-31)35(22-37(30)29(26)18-24,27-10-6-5-7-11-27)34(40)36-28-12-8-3-2-4-9-13-28/h5-7,10-11,14-20,28H,2-4,8-9,12-13,21-23H2,1H3,(H,36,40). The molecule has 2 aliphatic heterocycles. The number of ether oxygens (including phenoxy) is 2. The number of amides is 2. The van der Waals surface area contributed by atoms with Crippen molar-refractivity contribution < 1.29 is 19.1 Å². The Morgan fingerprint density at radius 1 is 0.905 bits per heavy atom. The number of hydrogen-bond donors (Lipinski definition) is 1. The van der Waals surface area contributed by atoms with Crippen molar-refractivity contribution in [2.75, 3.05) is 6.79 Å². The Labute approximate surface area is 246 Å². The van der Waals surface area contributed by atoms with E-state index in [1.54, 1.807) is 4.90 Å². The Hall–Kier alpha value is -4.26. The molecule has 1 N–H and O–H groups in total. The number of nitrogens with one attached hydrogen (secondary N) is 1. The molecule has 3 aromatic carbocycles. The summed E-state index contributed by atoms with van der Waals surface area (Å²) in [4.78, 5) is 31.3. The summed E-state index contributed by atoms with van der Waals surface area (Å²) in [7, 11) is 0. The third kappa shape index (κ3) is 4.61. The van der Waals surface area contributed by atoms with Crippen LogP contribution in [0.3, 0.4) is 0 Å². The number of aromatic nitrogens is 1. The first-order valence-electron chi connectivity index (χ1n) is 15.2. The Morgan fingerprint density at radius 2 is 1.67 bits per heavy atom. The minimum Gasteiger partial charge on any atom is -0.454 e. The van der Waals surface area contributed by atoms with Crippen LogP contribution >= 0.6 is 0 Å². The van der Waals surface area contributed by atoms with E-state index in [1.165, 1.54) is 19.3 Å². The number of fused-ring (bicyclic) bond motifs is 4. The first kappa shape index (κ1) is 26.6. The Morgan fingerprint density at radius 3 is 2.48 bits per heavy atom. The second-order valence-electron chi connectivity index (χ2n) is 12.0. The fraction of sp³-hybridized carbons (Fsp3) is 0.371. The second kappa shape index (κ2) is 10.9. The molecule has 0 radical (unpaired) electrons. The van der Waals surface area contributed by atoms with Crippen molar-refractivity contribution in [3.63, 3.8) is 0 Å². The third-order valence-electron chi connectivity index (χ3n) is 9.22. The summed E-state index contributed by atoms with van der Waals surface area (Å²) in [6.45, 7) is 2.82. The highest BCUT2D eigenvalue weighted by molar-refractivity contribution is 6.04. The molecule has 42 heavy (non-hydrogen) atoms. The number of nitrogens with zero attached hydrogens (tertiary/aromatic N) is 2. The van der Waals surface area contributed by atoms with Crippen LogP contribution in [-0.4, -0.2) is 34.1 Å². The number of benzene rings is 3. The smallest absolute Gasteiger partial charge is 0.272 e. The molecule has 1 aliphatic carbocycles. The quantitative estimate of drug-likeness (QED) is 0.303. The van der Waals surface area contributed by atoms with Gasteiger partial charge in [0.2, 0.25) is 6.79 Å². The lowest BCUT2D eigenvalue weighted by Gasteiger charge is -2.47. The monoisotopic (exact) mass is 563 g/mol. The number of rotatable bonds is 5. The van der Waals surface area contributed by atoms with Gasteiger partial charge in [0.1, 0.15) is 5.69 Å². The first-order chi connectivity index (χ1) is 20.5. The largest absolute Gasteiger partial charge is 0.454 e. The van der Waals surface area contributed by atoms with E-state index < -0.39 is 5.54 Å². The van der Waals surface area contributed by atoms with Crippen molar-refractivity contribution in [3.05, 3.63) is 95.2 Å². The van der Waals surface area contributed by atoms with Crippen molar-refractivity contribution in [3.8, 4) is 11.5 Å². The molecule has 216 valence electrons.